The number of amides is 1. The van der Waals surface area contributed by atoms with Gasteiger partial charge in [0, 0.05) is 12.5 Å². The maximum atomic E-state index is 11.8. The number of fused-ring (bicyclic) bond motifs is 1. The average molecular weight is 283 g/mol. The van der Waals surface area contributed by atoms with Crippen molar-refractivity contribution in [1.29, 1.82) is 0 Å². The molecule has 7 nitrogen and oxygen atoms in total. The molecular weight excluding hydrogens is 268 g/mol. The Labute approximate surface area is 115 Å². The van der Waals surface area contributed by atoms with E-state index in [1.807, 2.05) is 13.8 Å². The maximum absolute atomic E-state index is 11.8. The molecule has 2 aromatic heterocycles. The molecule has 0 saturated carbocycles. The van der Waals surface area contributed by atoms with Crippen LogP contribution in [0.25, 0.3) is 11.2 Å². The predicted molar refractivity (Wildman–Crippen MR) is 73.1 cm³/mol. The quantitative estimate of drug-likeness (QED) is 0.719. The second kappa shape index (κ2) is 5.94. The Bertz CT molecular complexity index is 584. The fourth-order valence-electron chi connectivity index (χ4n) is 1.73. The van der Waals surface area contributed by atoms with Gasteiger partial charge in [-0.05, 0) is 13.5 Å². The summed E-state index contributed by atoms with van der Waals surface area (Å²) in [7, 11) is 0. The van der Waals surface area contributed by atoms with Gasteiger partial charge in [-0.2, -0.15) is 9.97 Å². The summed E-state index contributed by atoms with van der Waals surface area (Å²) in [6, 6.07) is 0.0922. The third kappa shape index (κ3) is 3.39. The van der Waals surface area contributed by atoms with Crippen molar-refractivity contribution in [3.05, 3.63) is 11.5 Å². The Balaban J connectivity index is 2.06. The zero-order valence-electron chi connectivity index (χ0n) is 10.7. The van der Waals surface area contributed by atoms with Crippen molar-refractivity contribution in [2.75, 3.05) is 11.9 Å². The molecule has 2 aromatic rings. The van der Waals surface area contributed by atoms with Crippen LogP contribution in [0, 0.1) is 0 Å². The van der Waals surface area contributed by atoms with Crippen LogP contribution in [0.3, 0.4) is 0 Å². The first kappa shape index (κ1) is 13.7. The lowest BCUT2D eigenvalue weighted by atomic mass is 10.2. The second-order valence-electron chi connectivity index (χ2n) is 4.15. The molecule has 102 valence electrons. The molecule has 0 aliphatic rings. The molecule has 8 heteroatoms. The number of imidazole rings is 1. The van der Waals surface area contributed by atoms with Crippen molar-refractivity contribution in [3.8, 4) is 0 Å². The normalized spacial score (nSPS) is 12.6. The molecule has 2 rings (SSSR count). The lowest BCUT2D eigenvalue weighted by molar-refractivity contribution is -0.116. The zero-order valence-corrected chi connectivity index (χ0v) is 11.5. The Morgan fingerprint density at radius 1 is 1.53 bits per heavy atom. The number of aromatic nitrogens is 4. The molecule has 1 unspecified atom stereocenters. The third-order valence-electron chi connectivity index (χ3n) is 2.54. The van der Waals surface area contributed by atoms with E-state index in [-0.39, 0.29) is 23.1 Å². The van der Waals surface area contributed by atoms with E-state index in [9.17, 15) is 4.79 Å². The summed E-state index contributed by atoms with van der Waals surface area (Å²) >= 11 is 5.96. The van der Waals surface area contributed by atoms with Gasteiger partial charge in [0.15, 0.2) is 10.8 Å². The number of nitrogens with one attached hydrogen (secondary N) is 3. The van der Waals surface area contributed by atoms with Gasteiger partial charge in [0.25, 0.3) is 0 Å². The average Bonchev–Trinajstić information content (AvgIpc) is 2.77. The summed E-state index contributed by atoms with van der Waals surface area (Å²) in [6.45, 7) is 4.74. The van der Waals surface area contributed by atoms with Crippen LogP contribution in [0.4, 0.5) is 5.95 Å². The molecule has 3 N–H and O–H groups in total. The molecule has 0 aromatic carbocycles. The second-order valence-corrected chi connectivity index (χ2v) is 4.51. The highest BCUT2D eigenvalue weighted by Crippen LogP contribution is 2.18. The minimum absolute atomic E-state index is 0.0922. The number of carbonyl (C=O) groups excluding carboxylic acids is 1. The lowest BCUT2D eigenvalue weighted by Crippen LogP contribution is -2.30. The van der Waals surface area contributed by atoms with Crippen LogP contribution in [0.2, 0.25) is 5.15 Å². The smallest absolute Gasteiger partial charge is 0.233 e. The minimum atomic E-state index is -0.167. The van der Waals surface area contributed by atoms with Crippen molar-refractivity contribution in [2.24, 2.45) is 0 Å². The SMILES string of the molecule is CCNC(C)CC(=O)Nc1nc(Cl)c2[nH]cnc2n1. The number of hydrogen-bond acceptors (Lipinski definition) is 5. The van der Waals surface area contributed by atoms with Gasteiger partial charge in [-0.3, -0.25) is 10.1 Å². The Morgan fingerprint density at radius 2 is 2.32 bits per heavy atom. The van der Waals surface area contributed by atoms with E-state index in [4.69, 9.17) is 11.6 Å². The van der Waals surface area contributed by atoms with Crippen LogP contribution in [0.15, 0.2) is 6.33 Å². The highest BCUT2D eigenvalue weighted by atomic mass is 35.5. The highest BCUT2D eigenvalue weighted by Gasteiger charge is 2.12. The summed E-state index contributed by atoms with van der Waals surface area (Å²) in [4.78, 5) is 26.7. The molecule has 1 atom stereocenters. The fraction of sp³-hybridized carbons (Fsp3) is 0.455. The molecule has 0 saturated heterocycles. The first-order chi connectivity index (χ1) is 9.10. The van der Waals surface area contributed by atoms with E-state index in [0.29, 0.717) is 17.6 Å². The number of halogens is 1. The first-order valence-corrected chi connectivity index (χ1v) is 6.37. The van der Waals surface area contributed by atoms with Gasteiger partial charge in [-0.15, -0.1) is 0 Å². The van der Waals surface area contributed by atoms with Crippen molar-refractivity contribution in [1.82, 2.24) is 25.3 Å². The molecule has 0 aliphatic carbocycles. The third-order valence-corrected chi connectivity index (χ3v) is 2.81. The molecule has 0 radical (unpaired) electrons. The molecule has 19 heavy (non-hydrogen) atoms. The molecule has 0 fully saturated rings. The molecule has 1 amide bonds. The van der Waals surface area contributed by atoms with Gasteiger partial charge in [0.1, 0.15) is 5.52 Å². The summed E-state index contributed by atoms with van der Waals surface area (Å²) in [5.74, 6) is -0.00213. The molecule has 0 bridgehead atoms. The highest BCUT2D eigenvalue weighted by molar-refractivity contribution is 6.33. The Kier molecular flexibility index (Phi) is 4.28. The summed E-state index contributed by atoms with van der Waals surface area (Å²) < 4.78 is 0. The van der Waals surface area contributed by atoms with E-state index in [2.05, 4.69) is 30.6 Å². The summed E-state index contributed by atoms with van der Waals surface area (Å²) in [6.07, 6.45) is 1.82. The van der Waals surface area contributed by atoms with E-state index in [1.165, 1.54) is 6.33 Å². The van der Waals surface area contributed by atoms with Crippen LogP contribution < -0.4 is 10.6 Å². The van der Waals surface area contributed by atoms with Gasteiger partial charge in [-0.25, -0.2) is 4.98 Å². The van der Waals surface area contributed by atoms with Gasteiger partial charge in [0.2, 0.25) is 11.9 Å². The minimum Gasteiger partial charge on any atom is -0.341 e. The van der Waals surface area contributed by atoms with Gasteiger partial charge < -0.3 is 10.3 Å². The van der Waals surface area contributed by atoms with E-state index >= 15 is 0 Å². The predicted octanol–water partition coefficient (Wildman–Crippen LogP) is 1.33. The number of H-pyrrole nitrogens is 1. The van der Waals surface area contributed by atoms with Crippen molar-refractivity contribution in [2.45, 2.75) is 26.3 Å². The van der Waals surface area contributed by atoms with E-state index < -0.39 is 0 Å². The number of nitrogens with zero attached hydrogens (tertiary/aromatic N) is 3. The first-order valence-electron chi connectivity index (χ1n) is 6.00. The number of aromatic amines is 1. The van der Waals surface area contributed by atoms with Crippen LogP contribution in [0.1, 0.15) is 20.3 Å². The van der Waals surface area contributed by atoms with Crippen LogP contribution in [-0.2, 0) is 4.79 Å². The standard InChI is InChI=1S/C11H15ClN6O/c1-3-13-6(2)4-7(19)16-11-17-9(12)8-10(18-11)15-5-14-8/h5-6,13H,3-4H2,1-2H3,(H2,14,15,16,17,18,19). The zero-order chi connectivity index (χ0) is 13.8. The van der Waals surface area contributed by atoms with Crippen molar-refractivity contribution < 1.29 is 4.79 Å². The summed E-state index contributed by atoms with van der Waals surface area (Å²) in [5.41, 5.74) is 0.982. The monoisotopic (exact) mass is 282 g/mol. The largest absolute Gasteiger partial charge is 0.341 e. The number of hydrogen-bond donors (Lipinski definition) is 3. The molecule has 0 aliphatic heterocycles. The van der Waals surface area contributed by atoms with Crippen molar-refractivity contribution >= 4 is 34.6 Å². The number of anilines is 1. The van der Waals surface area contributed by atoms with Gasteiger partial charge in [0.05, 0.1) is 6.33 Å². The number of rotatable bonds is 5. The molecular formula is C11H15ClN6O. The van der Waals surface area contributed by atoms with Gasteiger partial charge >= 0.3 is 0 Å². The molecule has 2 heterocycles. The van der Waals surface area contributed by atoms with Gasteiger partial charge in [-0.1, -0.05) is 18.5 Å². The topological polar surface area (TPSA) is 95.6 Å². The van der Waals surface area contributed by atoms with Crippen LogP contribution in [-0.4, -0.2) is 38.4 Å². The Hall–Kier alpha value is -1.73. The van der Waals surface area contributed by atoms with Crippen molar-refractivity contribution in [3.63, 3.8) is 0 Å². The van der Waals surface area contributed by atoms with Crippen LogP contribution >= 0.6 is 11.6 Å². The Morgan fingerprint density at radius 3 is 3.05 bits per heavy atom. The molecule has 0 spiro atoms. The fourth-order valence-corrected chi connectivity index (χ4v) is 1.95. The maximum Gasteiger partial charge on any atom is 0.233 e. The van der Waals surface area contributed by atoms with Crippen LogP contribution in [0.5, 0.6) is 0 Å². The lowest BCUT2D eigenvalue weighted by Gasteiger charge is -2.11. The van der Waals surface area contributed by atoms with E-state index in [1.54, 1.807) is 0 Å². The van der Waals surface area contributed by atoms with E-state index in [0.717, 1.165) is 6.54 Å². The number of carbonyl (C=O) groups is 1. The summed E-state index contributed by atoms with van der Waals surface area (Å²) in [5, 5.41) is 6.00.